The Morgan fingerprint density at radius 1 is 1.00 bits per heavy atom. The van der Waals surface area contributed by atoms with E-state index in [4.69, 9.17) is 9.47 Å². The van der Waals surface area contributed by atoms with Crippen LogP contribution in [0, 0.1) is 0 Å². The average Bonchev–Trinajstić information content (AvgIpc) is 2.73. The number of guanidine groups is 1. The quantitative estimate of drug-likeness (QED) is 0.373. The summed E-state index contributed by atoms with van der Waals surface area (Å²) in [7, 11) is 5.11. The molecule has 0 aliphatic carbocycles. The van der Waals surface area contributed by atoms with Crippen molar-refractivity contribution < 1.29 is 9.47 Å². The van der Waals surface area contributed by atoms with Gasteiger partial charge in [0.1, 0.15) is 0 Å². The highest BCUT2D eigenvalue weighted by Gasteiger charge is 2.09. The average molecular weight is 377 g/mol. The molecule has 27 heavy (non-hydrogen) atoms. The third-order valence-electron chi connectivity index (χ3n) is 5.02. The van der Waals surface area contributed by atoms with E-state index in [1.165, 1.54) is 58.2 Å². The van der Waals surface area contributed by atoms with Gasteiger partial charge in [0.05, 0.1) is 14.2 Å². The second-order valence-electron chi connectivity index (χ2n) is 7.00. The van der Waals surface area contributed by atoms with Gasteiger partial charge < -0.3 is 25.0 Å². The van der Waals surface area contributed by atoms with E-state index in [0.717, 1.165) is 29.6 Å². The van der Waals surface area contributed by atoms with Gasteiger partial charge in [0.2, 0.25) is 0 Å². The Hall–Kier alpha value is -1.95. The number of hydrogen-bond acceptors (Lipinski definition) is 4. The second-order valence-corrected chi connectivity index (χ2v) is 7.00. The van der Waals surface area contributed by atoms with Crippen molar-refractivity contribution in [3.63, 3.8) is 0 Å². The molecule has 1 aromatic rings. The SMILES string of the molecule is CN=C(NCCCCCN1CCCCC1)NCc1ccc(OC)c(OC)c1. The molecule has 0 bridgehead atoms. The van der Waals surface area contributed by atoms with Crippen molar-refractivity contribution in [3.05, 3.63) is 23.8 Å². The van der Waals surface area contributed by atoms with Crippen molar-refractivity contribution in [2.24, 2.45) is 4.99 Å². The van der Waals surface area contributed by atoms with Crippen molar-refractivity contribution >= 4 is 5.96 Å². The topological polar surface area (TPSA) is 58.1 Å². The fraction of sp³-hybridized carbons (Fsp3) is 0.667. The maximum atomic E-state index is 5.35. The van der Waals surface area contributed by atoms with Gasteiger partial charge in [-0.1, -0.05) is 18.9 Å². The first-order valence-corrected chi connectivity index (χ1v) is 10.1. The first kappa shape index (κ1) is 21.4. The molecule has 1 aliphatic rings. The molecular formula is C21H36N4O2. The number of piperidine rings is 1. The summed E-state index contributed by atoms with van der Waals surface area (Å²) in [6.45, 7) is 5.49. The Balaban J connectivity index is 1.61. The molecule has 0 atom stereocenters. The van der Waals surface area contributed by atoms with Crippen LogP contribution in [0.1, 0.15) is 44.1 Å². The van der Waals surface area contributed by atoms with Crippen LogP contribution in [-0.4, -0.2) is 58.3 Å². The maximum absolute atomic E-state index is 5.35. The molecule has 1 aromatic carbocycles. The maximum Gasteiger partial charge on any atom is 0.191 e. The number of unbranched alkanes of at least 4 members (excludes halogenated alkanes) is 2. The fourth-order valence-electron chi connectivity index (χ4n) is 3.42. The molecule has 0 aromatic heterocycles. The molecule has 1 aliphatic heterocycles. The number of rotatable bonds is 10. The van der Waals surface area contributed by atoms with Crippen LogP contribution < -0.4 is 20.1 Å². The minimum atomic E-state index is 0.689. The van der Waals surface area contributed by atoms with Crippen molar-refractivity contribution in [2.45, 2.75) is 45.1 Å². The van der Waals surface area contributed by atoms with E-state index in [-0.39, 0.29) is 0 Å². The third-order valence-corrected chi connectivity index (χ3v) is 5.02. The van der Waals surface area contributed by atoms with Gasteiger partial charge >= 0.3 is 0 Å². The number of benzene rings is 1. The lowest BCUT2D eigenvalue weighted by molar-refractivity contribution is 0.224. The Labute approximate surface area is 164 Å². The lowest BCUT2D eigenvalue weighted by Crippen LogP contribution is -2.37. The summed E-state index contributed by atoms with van der Waals surface area (Å²) >= 11 is 0. The van der Waals surface area contributed by atoms with Crippen molar-refractivity contribution in [2.75, 3.05) is 47.4 Å². The predicted octanol–water partition coefficient (Wildman–Crippen LogP) is 3.03. The molecule has 1 heterocycles. The van der Waals surface area contributed by atoms with E-state index in [1.54, 1.807) is 21.3 Å². The van der Waals surface area contributed by atoms with E-state index in [9.17, 15) is 0 Å². The summed E-state index contributed by atoms with van der Waals surface area (Å²) in [4.78, 5) is 6.91. The number of nitrogens with one attached hydrogen (secondary N) is 2. The standard InChI is InChI=1S/C21H36N4O2/c1-22-21(23-12-6-4-7-13-25-14-8-5-9-15-25)24-17-18-10-11-19(26-2)20(16-18)27-3/h10-11,16H,4-9,12-15,17H2,1-3H3,(H2,22,23,24). The van der Waals surface area contributed by atoms with E-state index in [2.05, 4.69) is 20.5 Å². The van der Waals surface area contributed by atoms with Gasteiger partial charge in [-0.3, -0.25) is 4.99 Å². The van der Waals surface area contributed by atoms with Crippen molar-refractivity contribution in [1.82, 2.24) is 15.5 Å². The molecular weight excluding hydrogens is 340 g/mol. The number of aliphatic imine (C=N–C) groups is 1. The number of likely N-dealkylation sites (tertiary alicyclic amines) is 1. The Bertz CT molecular complexity index is 571. The van der Waals surface area contributed by atoms with Crippen LogP contribution in [0.3, 0.4) is 0 Å². The number of ether oxygens (including phenoxy) is 2. The van der Waals surface area contributed by atoms with Crippen molar-refractivity contribution in [1.29, 1.82) is 0 Å². The fourth-order valence-corrected chi connectivity index (χ4v) is 3.42. The Kier molecular flexibility index (Phi) is 9.84. The van der Waals surface area contributed by atoms with Gasteiger partial charge in [-0.25, -0.2) is 0 Å². The minimum Gasteiger partial charge on any atom is -0.493 e. The molecule has 2 rings (SSSR count). The normalized spacial score (nSPS) is 15.4. The number of nitrogens with zero attached hydrogens (tertiary/aromatic N) is 2. The summed E-state index contributed by atoms with van der Waals surface area (Å²) in [5, 5.41) is 6.75. The second kappa shape index (κ2) is 12.4. The number of hydrogen-bond donors (Lipinski definition) is 2. The molecule has 0 saturated carbocycles. The van der Waals surface area contributed by atoms with Crippen LogP contribution in [0.2, 0.25) is 0 Å². The summed E-state index contributed by atoms with van der Waals surface area (Å²) in [5.74, 6) is 2.32. The Morgan fingerprint density at radius 2 is 1.78 bits per heavy atom. The zero-order valence-electron chi connectivity index (χ0n) is 17.2. The lowest BCUT2D eigenvalue weighted by atomic mass is 10.1. The Morgan fingerprint density at radius 3 is 2.48 bits per heavy atom. The summed E-state index contributed by atoms with van der Waals surface area (Å²) in [6.07, 6.45) is 7.89. The molecule has 0 radical (unpaired) electrons. The van der Waals surface area contributed by atoms with Crippen LogP contribution in [0.25, 0.3) is 0 Å². The van der Waals surface area contributed by atoms with Crippen molar-refractivity contribution in [3.8, 4) is 11.5 Å². The van der Waals surface area contributed by atoms with Crippen LogP contribution >= 0.6 is 0 Å². The lowest BCUT2D eigenvalue weighted by Gasteiger charge is -2.26. The van der Waals surface area contributed by atoms with Crippen LogP contribution in [0.15, 0.2) is 23.2 Å². The van der Waals surface area contributed by atoms with E-state index in [0.29, 0.717) is 6.54 Å². The van der Waals surface area contributed by atoms with Crippen LogP contribution in [0.4, 0.5) is 0 Å². The van der Waals surface area contributed by atoms with Gasteiger partial charge in [0.25, 0.3) is 0 Å². The first-order valence-electron chi connectivity index (χ1n) is 10.1. The smallest absolute Gasteiger partial charge is 0.191 e. The summed E-state index contributed by atoms with van der Waals surface area (Å²) in [6, 6.07) is 5.94. The highest BCUT2D eigenvalue weighted by molar-refractivity contribution is 5.79. The molecule has 1 fully saturated rings. The molecule has 6 heteroatoms. The van der Waals surface area contributed by atoms with Gasteiger partial charge in [0.15, 0.2) is 17.5 Å². The van der Waals surface area contributed by atoms with E-state index in [1.807, 2.05) is 18.2 Å². The molecule has 2 N–H and O–H groups in total. The zero-order valence-corrected chi connectivity index (χ0v) is 17.2. The van der Waals surface area contributed by atoms with E-state index >= 15 is 0 Å². The molecule has 152 valence electrons. The molecule has 6 nitrogen and oxygen atoms in total. The molecule has 0 spiro atoms. The van der Waals surface area contributed by atoms with Gasteiger partial charge in [-0.15, -0.1) is 0 Å². The highest BCUT2D eigenvalue weighted by Crippen LogP contribution is 2.27. The monoisotopic (exact) mass is 376 g/mol. The first-order chi connectivity index (χ1) is 13.3. The zero-order chi connectivity index (χ0) is 19.3. The van der Waals surface area contributed by atoms with E-state index < -0.39 is 0 Å². The van der Waals surface area contributed by atoms with Crippen LogP contribution in [-0.2, 0) is 6.54 Å². The molecule has 1 saturated heterocycles. The molecule has 0 amide bonds. The number of methoxy groups -OCH3 is 2. The summed E-state index contributed by atoms with van der Waals surface area (Å²) in [5.41, 5.74) is 1.12. The molecule has 0 unspecified atom stereocenters. The van der Waals surface area contributed by atoms with Gasteiger partial charge in [-0.05, 0) is 63.0 Å². The third kappa shape index (κ3) is 7.67. The minimum absolute atomic E-state index is 0.689. The highest BCUT2D eigenvalue weighted by atomic mass is 16.5. The van der Waals surface area contributed by atoms with Gasteiger partial charge in [0, 0.05) is 20.1 Å². The summed E-state index contributed by atoms with van der Waals surface area (Å²) < 4.78 is 10.6. The largest absolute Gasteiger partial charge is 0.493 e. The predicted molar refractivity (Wildman–Crippen MR) is 112 cm³/mol. The van der Waals surface area contributed by atoms with Crippen LogP contribution in [0.5, 0.6) is 11.5 Å². The van der Waals surface area contributed by atoms with Gasteiger partial charge in [-0.2, -0.15) is 0 Å².